The van der Waals surface area contributed by atoms with Gasteiger partial charge in [-0.05, 0) is 73.0 Å². The molecule has 44 heavy (non-hydrogen) atoms. The summed E-state index contributed by atoms with van der Waals surface area (Å²) in [7, 11) is 0. The number of alkyl halides is 9. The van der Waals surface area contributed by atoms with Gasteiger partial charge < -0.3 is 9.47 Å². The summed E-state index contributed by atoms with van der Waals surface area (Å²) in [5.41, 5.74) is -1.33. The third-order valence-electron chi connectivity index (χ3n) is 11.2. The summed E-state index contributed by atoms with van der Waals surface area (Å²) in [5, 5.41) is 0. The Morgan fingerprint density at radius 2 is 1.48 bits per heavy atom. The number of carbonyl (C=O) groups is 4. The quantitative estimate of drug-likeness (QED) is 0.229. The van der Waals surface area contributed by atoms with Crippen molar-refractivity contribution < 1.29 is 68.2 Å². The van der Waals surface area contributed by atoms with Gasteiger partial charge in [-0.25, -0.2) is 4.79 Å². The van der Waals surface area contributed by atoms with Gasteiger partial charge in [-0.2, -0.15) is 39.5 Å². The van der Waals surface area contributed by atoms with Crippen molar-refractivity contribution in [3.05, 3.63) is 0 Å². The molecule has 4 rings (SSSR count). The van der Waals surface area contributed by atoms with E-state index in [4.69, 9.17) is 4.74 Å². The SMILES string of the molecule is C[C@H](CCC(=O)OC(C(F)(F)F)C(F)(F)F)[C@H]1CC[C@H]2[C@@H]3[C@H](OC(=O)C(F)(F)F)C(=O)[C@@H]4CC(=O)CC[C@]4(C)[C@H]3CC[C@]12C. The maximum absolute atomic E-state index is 13.7. The van der Waals surface area contributed by atoms with E-state index in [1.807, 2.05) is 13.8 Å². The molecule has 0 spiro atoms. The highest BCUT2D eigenvalue weighted by molar-refractivity contribution is 5.95. The Bertz CT molecular complexity index is 1150. The molecule has 250 valence electrons. The summed E-state index contributed by atoms with van der Waals surface area (Å²) in [6.45, 7) is 5.44. The van der Waals surface area contributed by atoms with E-state index in [2.05, 4.69) is 4.74 Å². The highest BCUT2D eigenvalue weighted by Crippen LogP contribution is 2.68. The molecule has 9 atom stereocenters. The summed E-state index contributed by atoms with van der Waals surface area (Å²) in [4.78, 5) is 50.1. The normalized spacial score (nSPS) is 36.8. The summed E-state index contributed by atoms with van der Waals surface area (Å²) >= 11 is 0. The van der Waals surface area contributed by atoms with Crippen LogP contribution in [-0.4, -0.2) is 54.2 Å². The number of Topliss-reactive ketones (excluding diaryl/α,β-unsaturated/α-hetero) is 2. The van der Waals surface area contributed by atoms with Gasteiger partial charge >= 0.3 is 30.5 Å². The first-order chi connectivity index (χ1) is 20.0. The van der Waals surface area contributed by atoms with Crippen LogP contribution < -0.4 is 0 Å². The van der Waals surface area contributed by atoms with Crippen LogP contribution in [0.15, 0.2) is 0 Å². The van der Waals surface area contributed by atoms with Crippen LogP contribution in [0.3, 0.4) is 0 Å². The van der Waals surface area contributed by atoms with Gasteiger partial charge in [0.1, 0.15) is 5.78 Å². The third kappa shape index (κ3) is 6.21. The van der Waals surface area contributed by atoms with E-state index in [0.29, 0.717) is 32.1 Å². The van der Waals surface area contributed by atoms with Crippen molar-refractivity contribution in [2.45, 2.75) is 109 Å². The Morgan fingerprint density at radius 3 is 2.05 bits per heavy atom. The number of carbonyl (C=O) groups excluding carboxylic acids is 4. The van der Waals surface area contributed by atoms with Gasteiger partial charge in [-0.1, -0.05) is 20.8 Å². The minimum atomic E-state index is -5.84. The van der Waals surface area contributed by atoms with E-state index in [1.165, 1.54) is 0 Å². The Labute approximate surface area is 247 Å². The lowest BCUT2D eigenvalue weighted by atomic mass is 9.43. The fourth-order valence-electron chi connectivity index (χ4n) is 9.14. The molecule has 0 saturated heterocycles. The van der Waals surface area contributed by atoms with Crippen LogP contribution in [0.4, 0.5) is 39.5 Å². The molecule has 4 saturated carbocycles. The van der Waals surface area contributed by atoms with E-state index in [1.54, 1.807) is 6.92 Å². The average molecular weight is 651 g/mol. The zero-order valence-electron chi connectivity index (χ0n) is 24.3. The predicted octanol–water partition coefficient (Wildman–Crippen LogP) is 6.93. The molecule has 0 aromatic rings. The Kier molecular flexibility index (Phi) is 9.00. The zero-order chi connectivity index (χ0) is 33.2. The van der Waals surface area contributed by atoms with Crippen LogP contribution >= 0.6 is 0 Å². The largest absolute Gasteiger partial charge is 0.490 e. The molecule has 6 nitrogen and oxygen atoms in total. The van der Waals surface area contributed by atoms with Gasteiger partial charge in [0.15, 0.2) is 11.9 Å². The molecule has 0 unspecified atom stereocenters. The second-order valence-electron chi connectivity index (χ2n) is 13.5. The molecule has 0 aromatic heterocycles. The summed E-state index contributed by atoms with van der Waals surface area (Å²) < 4.78 is 125. The molecule has 0 radical (unpaired) electrons. The molecule has 0 bridgehead atoms. The Balaban J connectivity index is 1.55. The van der Waals surface area contributed by atoms with Gasteiger partial charge in [0, 0.05) is 31.1 Å². The second kappa shape index (κ2) is 11.5. The molecule has 4 aliphatic carbocycles. The zero-order valence-corrected chi connectivity index (χ0v) is 24.3. The number of hydrogen-bond donors (Lipinski definition) is 0. The smallest absolute Gasteiger partial charge is 0.447 e. The molecule has 4 aliphatic rings. The molecule has 4 fully saturated rings. The summed E-state index contributed by atoms with van der Waals surface area (Å²) in [5.74, 6) is -8.09. The van der Waals surface area contributed by atoms with Crippen LogP contribution in [0.1, 0.15) is 78.6 Å². The summed E-state index contributed by atoms with van der Waals surface area (Å²) in [6.07, 6.45) is -21.5. The van der Waals surface area contributed by atoms with Crippen LogP contribution in [-0.2, 0) is 28.7 Å². The van der Waals surface area contributed by atoms with Crippen molar-refractivity contribution >= 4 is 23.5 Å². The average Bonchev–Trinajstić information content (AvgIpc) is 3.24. The lowest BCUT2D eigenvalue weighted by Crippen LogP contribution is -2.63. The van der Waals surface area contributed by atoms with Crippen molar-refractivity contribution in [1.29, 1.82) is 0 Å². The number of fused-ring (bicyclic) bond motifs is 5. The molecule has 0 amide bonds. The Hall–Kier alpha value is -2.35. The number of ether oxygens (including phenoxy) is 2. The monoisotopic (exact) mass is 650 g/mol. The molecule has 0 N–H and O–H groups in total. The number of rotatable bonds is 6. The predicted molar refractivity (Wildman–Crippen MR) is 132 cm³/mol. The van der Waals surface area contributed by atoms with E-state index >= 15 is 0 Å². The number of ketones is 2. The second-order valence-corrected chi connectivity index (χ2v) is 13.5. The van der Waals surface area contributed by atoms with Crippen molar-refractivity contribution in [2.75, 3.05) is 0 Å². The van der Waals surface area contributed by atoms with Gasteiger partial charge in [-0.15, -0.1) is 0 Å². The lowest BCUT2D eigenvalue weighted by Gasteiger charge is -2.61. The molecule has 15 heteroatoms. The van der Waals surface area contributed by atoms with Crippen LogP contribution in [0.25, 0.3) is 0 Å². The fourth-order valence-corrected chi connectivity index (χ4v) is 9.14. The molecule has 0 heterocycles. The maximum Gasteiger partial charge on any atom is 0.490 e. The molecular weight excluding hydrogens is 615 g/mol. The Morgan fingerprint density at radius 1 is 0.886 bits per heavy atom. The van der Waals surface area contributed by atoms with E-state index in [0.717, 1.165) is 0 Å². The standard InChI is InChI=1S/C29H35F9O6/c1-13(4-7-19(40)43-23(27(30,31)32)28(33,34)35)15-5-6-16-20-17(9-11-25(15,16)2)26(3)10-8-14(39)12-18(26)21(41)22(20)44-24(42)29(36,37)38/h13,15-18,20,22-23H,4-12H2,1-3H3/t13-,15-,16+,17+,18+,20+,22+,25-,26-/m1/s1. The van der Waals surface area contributed by atoms with Gasteiger partial charge in [0.05, 0.1) is 0 Å². The highest BCUT2D eigenvalue weighted by Gasteiger charge is 2.67. The first kappa shape index (κ1) is 34.5. The van der Waals surface area contributed by atoms with Gasteiger partial charge in [-0.3, -0.25) is 14.4 Å². The molecular formula is C29H35F9O6. The van der Waals surface area contributed by atoms with Crippen LogP contribution in [0.2, 0.25) is 0 Å². The maximum atomic E-state index is 13.7. The van der Waals surface area contributed by atoms with E-state index < -0.39 is 89.4 Å². The van der Waals surface area contributed by atoms with E-state index in [-0.39, 0.29) is 36.9 Å². The third-order valence-corrected chi connectivity index (χ3v) is 11.2. The van der Waals surface area contributed by atoms with Crippen molar-refractivity contribution in [3.8, 4) is 0 Å². The highest BCUT2D eigenvalue weighted by atomic mass is 19.4. The van der Waals surface area contributed by atoms with Crippen molar-refractivity contribution in [2.24, 2.45) is 46.3 Å². The minimum Gasteiger partial charge on any atom is -0.447 e. The fraction of sp³-hybridized carbons (Fsp3) is 0.862. The topological polar surface area (TPSA) is 86.7 Å². The van der Waals surface area contributed by atoms with Gasteiger partial charge in [0.2, 0.25) is 0 Å². The summed E-state index contributed by atoms with van der Waals surface area (Å²) in [6, 6.07) is 0. The van der Waals surface area contributed by atoms with Crippen LogP contribution in [0.5, 0.6) is 0 Å². The number of esters is 2. The molecule has 0 aromatic carbocycles. The number of hydrogen-bond acceptors (Lipinski definition) is 6. The van der Waals surface area contributed by atoms with Gasteiger partial charge in [0.25, 0.3) is 6.10 Å². The van der Waals surface area contributed by atoms with Crippen LogP contribution in [0, 0.1) is 46.3 Å². The first-order valence-corrected chi connectivity index (χ1v) is 14.7. The number of halogens is 9. The molecule has 0 aliphatic heterocycles. The lowest BCUT2D eigenvalue weighted by molar-refractivity contribution is -0.313. The minimum absolute atomic E-state index is 0.102. The van der Waals surface area contributed by atoms with Crippen molar-refractivity contribution in [3.63, 3.8) is 0 Å². The first-order valence-electron chi connectivity index (χ1n) is 14.7. The van der Waals surface area contributed by atoms with E-state index in [9.17, 15) is 58.7 Å². The van der Waals surface area contributed by atoms with Crippen molar-refractivity contribution in [1.82, 2.24) is 0 Å².